The number of carbonyl (C=O) groups excluding carboxylic acids is 1. The van der Waals surface area contributed by atoms with Gasteiger partial charge in [0.1, 0.15) is 0 Å². The van der Waals surface area contributed by atoms with Crippen LogP contribution in [-0.4, -0.2) is 16.8 Å². The first-order chi connectivity index (χ1) is 11.8. The van der Waals surface area contributed by atoms with Crippen LogP contribution < -0.4 is 10.6 Å². The molecule has 5 heteroatoms. The van der Waals surface area contributed by atoms with E-state index in [1.54, 1.807) is 12.4 Å². The number of urea groups is 1. The average Bonchev–Trinajstić information content (AvgIpc) is 2.62. The van der Waals surface area contributed by atoms with Gasteiger partial charge in [0.2, 0.25) is 0 Å². The number of fused-ring (bicyclic) bond motifs is 2. The van der Waals surface area contributed by atoms with Crippen molar-refractivity contribution in [3.05, 3.63) is 66.5 Å². The maximum Gasteiger partial charge on any atom is 0.319 e. The number of nitrogens with zero attached hydrogens (tertiary/aromatic N) is 1. The molecule has 120 valence electrons. The lowest BCUT2D eigenvalue weighted by atomic mass is 10.0. The van der Waals surface area contributed by atoms with Crippen molar-refractivity contribution in [3.63, 3.8) is 0 Å². The van der Waals surface area contributed by atoms with Crippen molar-refractivity contribution >= 4 is 34.3 Å². The normalized spacial score (nSPS) is 16.4. The van der Waals surface area contributed by atoms with Crippen LogP contribution in [0, 0.1) is 0 Å². The van der Waals surface area contributed by atoms with E-state index in [-0.39, 0.29) is 12.1 Å². The molecule has 0 saturated heterocycles. The van der Waals surface area contributed by atoms with Crippen molar-refractivity contribution in [3.8, 4) is 0 Å². The number of nitrogens with one attached hydrogen (secondary N) is 2. The Bertz CT molecular complexity index is 891. The van der Waals surface area contributed by atoms with Crippen molar-refractivity contribution in [2.24, 2.45) is 0 Å². The molecule has 0 bridgehead atoms. The standard InChI is InChI=1S/C19H17N3OS/c23-19(21-16-6-3-4-13-12-20-10-8-14(13)16)22-17-9-11-24-18-7-2-1-5-15(17)18/h1-8,10,12,17H,9,11H2,(H2,21,22,23)/t17-/m0/s1. The molecule has 2 heterocycles. The quantitative estimate of drug-likeness (QED) is 0.720. The first-order valence-corrected chi connectivity index (χ1v) is 8.92. The van der Waals surface area contributed by atoms with Gasteiger partial charge >= 0.3 is 6.03 Å². The molecule has 1 atom stereocenters. The summed E-state index contributed by atoms with van der Waals surface area (Å²) in [6.45, 7) is 0. The highest BCUT2D eigenvalue weighted by atomic mass is 32.2. The molecule has 24 heavy (non-hydrogen) atoms. The Balaban J connectivity index is 1.53. The molecule has 4 nitrogen and oxygen atoms in total. The van der Waals surface area contributed by atoms with Gasteiger partial charge in [0.15, 0.2) is 0 Å². The second-order valence-corrected chi connectivity index (χ2v) is 6.87. The van der Waals surface area contributed by atoms with Gasteiger partial charge in [-0.05, 0) is 30.2 Å². The van der Waals surface area contributed by atoms with Crippen LogP contribution in [0.4, 0.5) is 10.5 Å². The van der Waals surface area contributed by atoms with E-state index in [1.165, 1.54) is 10.5 Å². The Kier molecular flexibility index (Phi) is 4.09. The predicted octanol–water partition coefficient (Wildman–Crippen LogP) is 4.59. The lowest BCUT2D eigenvalue weighted by molar-refractivity contribution is 0.248. The van der Waals surface area contributed by atoms with Crippen LogP contribution in [-0.2, 0) is 0 Å². The summed E-state index contributed by atoms with van der Waals surface area (Å²) in [6.07, 6.45) is 4.47. The zero-order valence-electron chi connectivity index (χ0n) is 13.0. The fraction of sp³-hybridized carbons (Fsp3) is 0.158. The Labute approximate surface area is 144 Å². The summed E-state index contributed by atoms with van der Waals surface area (Å²) in [5.41, 5.74) is 2.00. The molecule has 4 rings (SSSR count). The van der Waals surface area contributed by atoms with E-state index in [2.05, 4.69) is 27.8 Å². The number of aromatic nitrogens is 1. The summed E-state index contributed by atoms with van der Waals surface area (Å²) in [6, 6.07) is 15.9. The number of benzene rings is 2. The number of hydrogen-bond donors (Lipinski definition) is 2. The van der Waals surface area contributed by atoms with Gasteiger partial charge in [0.05, 0.1) is 11.7 Å². The third kappa shape index (κ3) is 2.95. The highest BCUT2D eigenvalue weighted by molar-refractivity contribution is 7.99. The maximum atomic E-state index is 12.5. The molecule has 1 aliphatic heterocycles. The summed E-state index contributed by atoms with van der Waals surface area (Å²) < 4.78 is 0. The minimum atomic E-state index is -0.175. The van der Waals surface area contributed by atoms with Crippen molar-refractivity contribution in [1.29, 1.82) is 0 Å². The molecule has 1 aliphatic rings. The molecule has 0 saturated carbocycles. The minimum absolute atomic E-state index is 0.0547. The van der Waals surface area contributed by atoms with Crippen LogP contribution in [0.2, 0.25) is 0 Å². The van der Waals surface area contributed by atoms with Gasteiger partial charge in [-0.3, -0.25) is 4.98 Å². The van der Waals surface area contributed by atoms with E-state index in [1.807, 2.05) is 48.2 Å². The third-order valence-electron chi connectivity index (χ3n) is 4.19. The Morgan fingerprint density at radius 3 is 3.00 bits per heavy atom. The number of rotatable bonds is 2. The molecular formula is C19H17N3OS. The third-order valence-corrected chi connectivity index (χ3v) is 5.32. The Morgan fingerprint density at radius 2 is 2.04 bits per heavy atom. The van der Waals surface area contributed by atoms with Gasteiger partial charge in [-0.25, -0.2) is 4.79 Å². The zero-order valence-corrected chi connectivity index (χ0v) is 13.8. The van der Waals surface area contributed by atoms with Crippen molar-refractivity contribution in [2.75, 3.05) is 11.1 Å². The fourth-order valence-electron chi connectivity index (χ4n) is 3.04. The molecule has 2 aromatic carbocycles. The average molecular weight is 335 g/mol. The van der Waals surface area contributed by atoms with Crippen LogP contribution in [0.5, 0.6) is 0 Å². The molecule has 2 amide bonds. The molecule has 1 aromatic heterocycles. The van der Waals surface area contributed by atoms with Crippen LogP contribution in [0.3, 0.4) is 0 Å². The predicted molar refractivity (Wildman–Crippen MR) is 98.4 cm³/mol. The molecule has 0 spiro atoms. The number of pyridine rings is 1. The summed E-state index contributed by atoms with van der Waals surface area (Å²) in [5, 5.41) is 8.08. The topological polar surface area (TPSA) is 54.0 Å². The monoisotopic (exact) mass is 335 g/mol. The summed E-state index contributed by atoms with van der Waals surface area (Å²) >= 11 is 1.85. The van der Waals surface area contributed by atoms with Gasteiger partial charge in [0, 0.05) is 33.8 Å². The second kappa shape index (κ2) is 6.53. The van der Waals surface area contributed by atoms with Crippen LogP contribution in [0.1, 0.15) is 18.0 Å². The number of anilines is 1. The van der Waals surface area contributed by atoms with E-state index in [4.69, 9.17) is 0 Å². The lowest BCUT2D eigenvalue weighted by Crippen LogP contribution is -2.34. The van der Waals surface area contributed by atoms with E-state index in [9.17, 15) is 4.79 Å². The second-order valence-electron chi connectivity index (χ2n) is 5.73. The Hall–Kier alpha value is -2.53. The summed E-state index contributed by atoms with van der Waals surface area (Å²) in [7, 11) is 0. The number of amides is 2. The number of thioether (sulfide) groups is 1. The highest BCUT2D eigenvalue weighted by Crippen LogP contribution is 2.35. The number of carbonyl (C=O) groups is 1. The smallest absolute Gasteiger partial charge is 0.319 e. The van der Waals surface area contributed by atoms with E-state index in [0.29, 0.717) is 0 Å². The molecular weight excluding hydrogens is 318 g/mol. The van der Waals surface area contributed by atoms with E-state index >= 15 is 0 Å². The number of hydrogen-bond acceptors (Lipinski definition) is 3. The van der Waals surface area contributed by atoms with Crippen molar-refractivity contribution < 1.29 is 4.79 Å². The minimum Gasteiger partial charge on any atom is -0.331 e. The first-order valence-electron chi connectivity index (χ1n) is 7.93. The molecule has 3 aromatic rings. The van der Waals surface area contributed by atoms with Crippen molar-refractivity contribution in [2.45, 2.75) is 17.4 Å². The molecule has 0 fully saturated rings. The summed E-state index contributed by atoms with van der Waals surface area (Å²) in [4.78, 5) is 17.9. The largest absolute Gasteiger partial charge is 0.331 e. The molecule has 0 unspecified atom stereocenters. The molecule has 2 N–H and O–H groups in total. The van der Waals surface area contributed by atoms with Gasteiger partial charge in [-0.1, -0.05) is 30.3 Å². The van der Waals surface area contributed by atoms with Crippen LogP contribution >= 0.6 is 11.8 Å². The maximum absolute atomic E-state index is 12.5. The van der Waals surface area contributed by atoms with Crippen molar-refractivity contribution in [1.82, 2.24) is 10.3 Å². The fourth-order valence-corrected chi connectivity index (χ4v) is 4.17. The van der Waals surface area contributed by atoms with E-state index < -0.39 is 0 Å². The molecule has 0 aliphatic carbocycles. The lowest BCUT2D eigenvalue weighted by Gasteiger charge is -2.26. The van der Waals surface area contributed by atoms with Gasteiger partial charge < -0.3 is 10.6 Å². The van der Waals surface area contributed by atoms with Gasteiger partial charge in [0.25, 0.3) is 0 Å². The highest BCUT2D eigenvalue weighted by Gasteiger charge is 2.22. The summed E-state index contributed by atoms with van der Waals surface area (Å²) in [5.74, 6) is 1.02. The zero-order chi connectivity index (χ0) is 16.4. The Morgan fingerprint density at radius 1 is 1.12 bits per heavy atom. The molecule has 0 radical (unpaired) electrons. The first kappa shape index (κ1) is 15.0. The van der Waals surface area contributed by atoms with Crippen LogP contribution in [0.15, 0.2) is 65.8 Å². The van der Waals surface area contributed by atoms with Gasteiger partial charge in [-0.15, -0.1) is 11.8 Å². The van der Waals surface area contributed by atoms with Crippen LogP contribution in [0.25, 0.3) is 10.8 Å². The SMILES string of the molecule is O=C(Nc1cccc2cnccc12)N[C@H]1CCSc2ccccc21. The van der Waals surface area contributed by atoms with E-state index in [0.717, 1.165) is 28.6 Å². The van der Waals surface area contributed by atoms with Gasteiger partial charge in [-0.2, -0.15) is 0 Å².